The number of hydrogen-bond acceptors (Lipinski definition) is 6. The Bertz CT molecular complexity index is 793. The molecular weight excluding hydrogens is 364 g/mol. The second-order valence-corrected chi connectivity index (χ2v) is 6.67. The predicted octanol–water partition coefficient (Wildman–Crippen LogP) is 1.52. The Morgan fingerprint density at radius 3 is 2.46 bits per heavy atom. The molecule has 1 fully saturated rings. The molecule has 8 heteroatoms. The topological polar surface area (TPSA) is 102 Å². The van der Waals surface area contributed by atoms with E-state index in [9.17, 15) is 19.2 Å². The molecule has 0 bridgehead atoms. The molecule has 1 saturated heterocycles. The lowest BCUT2D eigenvalue weighted by Gasteiger charge is -2.14. The van der Waals surface area contributed by atoms with E-state index in [2.05, 4.69) is 5.32 Å². The molecule has 1 aromatic rings. The third kappa shape index (κ3) is 4.39. The fraction of sp³-hybridized carbons (Fsp3) is 0.400. The van der Waals surface area contributed by atoms with Crippen molar-refractivity contribution in [3.8, 4) is 5.75 Å². The van der Waals surface area contributed by atoms with Gasteiger partial charge in [0.05, 0.1) is 25.4 Å². The summed E-state index contributed by atoms with van der Waals surface area (Å²) in [6.07, 6.45) is 4.79. The summed E-state index contributed by atoms with van der Waals surface area (Å²) in [6, 6.07) is 6.78. The molecule has 1 heterocycles. The summed E-state index contributed by atoms with van der Waals surface area (Å²) < 4.78 is 10.0. The number of fused-ring (bicyclic) bond motifs is 1. The van der Waals surface area contributed by atoms with Crippen LogP contribution in [-0.4, -0.2) is 48.9 Å². The first-order chi connectivity index (χ1) is 13.5. The van der Waals surface area contributed by atoms with Crippen molar-refractivity contribution >= 4 is 29.4 Å². The lowest BCUT2D eigenvalue weighted by atomic mass is 9.85. The number of carbonyl (C=O) groups excluding carboxylic acids is 4. The lowest BCUT2D eigenvalue weighted by Crippen LogP contribution is -2.33. The van der Waals surface area contributed by atoms with E-state index in [4.69, 9.17) is 9.47 Å². The highest BCUT2D eigenvalue weighted by Crippen LogP contribution is 2.35. The average molecular weight is 386 g/mol. The number of anilines is 1. The van der Waals surface area contributed by atoms with Gasteiger partial charge in [-0.15, -0.1) is 0 Å². The molecule has 0 aromatic heterocycles. The number of nitrogens with zero attached hydrogens (tertiary/aromatic N) is 1. The summed E-state index contributed by atoms with van der Waals surface area (Å²) in [5.41, 5.74) is 0.518. The monoisotopic (exact) mass is 386 g/mol. The SMILES string of the molecule is COc1cccc(NC(=O)COC(=O)CCN2C(=O)[C@H]3CC=CC[C@@H]3C2=O)c1. The molecule has 3 amide bonds. The number of likely N-dealkylation sites (tertiary alicyclic amines) is 1. The van der Waals surface area contributed by atoms with Crippen molar-refractivity contribution in [1.82, 2.24) is 4.90 Å². The summed E-state index contributed by atoms with van der Waals surface area (Å²) in [4.78, 5) is 49.6. The maximum Gasteiger partial charge on any atom is 0.308 e. The molecule has 1 aliphatic heterocycles. The van der Waals surface area contributed by atoms with Gasteiger partial charge < -0.3 is 14.8 Å². The van der Waals surface area contributed by atoms with Crippen LogP contribution in [0.1, 0.15) is 19.3 Å². The molecule has 148 valence electrons. The second-order valence-electron chi connectivity index (χ2n) is 6.67. The number of methoxy groups -OCH3 is 1. The molecule has 0 unspecified atom stereocenters. The number of allylic oxidation sites excluding steroid dienone is 2. The largest absolute Gasteiger partial charge is 0.497 e. The van der Waals surface area contributed by atoms with E-state index in [1.807, 2.05) is 12.2 Å². The first-order valence-corrected chi connectivity index (χ1v) is 9.09. The summed E-state index contributed by atoms with van der Waals surface area (Å²) in [6.45, 7) is -0.478. The van der Waals surface area contributed by atoms with Crippen molar-refractivity contribution < 1.29 is 28.7 Å². The number of esters is 1. The number of imide groups is 1. The Hall–Kier alpha value is -3.16. The smallest absolute Gasteiger partial charge is 0.308 e. The van der Waals surface area contributed by atoms with E-state index in [0.717, 1.165) is 4.90 Å². The Labute approximate surface area is 162 Å². The Kier molecular flexibility index (Phi) is 6.08. The highest BCUT2D eigenvalue weighted by molar-refractivity contribution is 6.05. The molecule has 2 aliphatic rings. The number of hydrogen-bond donors (Lipinski definition) is 1. The minimum absolute atomic E-state index is 0.0268. The van der Waals surface area contributed by atoms with Gasteiger partial charge in [0.2, 0.25) is 11.8 Å². The number of carbonyl (C=O) groups is 4. The van der Waals surface area contributed by atoms with Gasteiger partial charge in [0, 0.05) is 18.3 Å². The highest BCUT2D eigenvalue weighted by atomic mass is 16.5. The summed E-state index contributed by atoms with van der Waals surface area (Å²) in [5.74, 6) is -1.65. The number of ether oxygens (including phenoxy) is 2. The molecule has 3 rings (SSSR count). The van der Waals surface area contributed by atoms with Crippen LogP contribution in [0.5, 0.6) is 5.75 Å². The normalized spacial score (nSPS) is 20.7. The van der Waals surface area contributed by atoms with Gasteiger partial charge in [-0.25, -0.2) is 0 Å². The quantitative estimate of drug-likeness (QED) is 0.433. The molecule has 1 aromatic carbocycles. The van der Waals surface area contributed by atoms with Crippen LogP contribution < -0.4 is 10.1 Å². The fourth-order valence-electron chi connectivity index (χ4n) is 3.41. The zero-order chi connectivity index (χ0) is 20.1. The van der Waals surface area contributed by atoms with E-state index in [-0.39, 0.29) is 36.6 Å². The zero-order valence-corrected chi connectivity index (χ0v) is 15.6. The number of nitrogens with one attached hydrogen (secondary N) is 1. The van der Waals surface area contributed by atoms with Crippen LogP contribution in [0.2, 0.25) is 0 Å². The Morgan fingerprint density at radius 2 is 1.82 bits per heavy atom. The van der Waals surface area contributed by atoms with Gasteiger partial charge in [-0.2, -0.15) is 0 Å². The molecular formula is C20H22N2O6. The molecule has 2 atom stereocenters. The minimum atomic E-state index is -0.644. The predicted molar refractivity (Wildman–Crippen MR) is 99.3 cm³/mol. The van der Waals surface area contributed by atoms with Crippen molar-refractivity contribution in [2.45, 2.75) is 19.3 Å². The van der Waals surface area contributed by atoms with Gasteiger partial charge in [-0.05, 0) is 25.0 Å². The summed E-state index contributed by atoms with van der Waals surface area (Å²) in [7, 11) is 1.52. The molecule has 8 nitrogen and oxygen atoms in total. The summed E-state index contributed by atoms with van der Waals surface area (Å²) >= 11 is 0. The number of benzene rings is 1. The molecule has 0 radical (unpaired) electrons. The molecule has 1 aliphatic carbocycles. The first-order valence-electron chi connectivity index (χ1n) is 9.09. The van der Waals surface area contributed by atoms with Crippen molar-refractivity contribution in [2.75, 3.05) is 25.6 Å². The van der Waals surface area contributed by atoms with Crippen LogP contribution in [0.4, 0.5) is 5.69 Å². The van der Waals surface area contributed by atoms with Crippen molar-refractivity contribution in [3.63, 3.8) is 0 Å². The number of rotatable bonds is 7. The maximum atomic E-state index is 12.3. The van der Waals surface area contributed by atoms with E-state index >= 15 is 0 Å². The van der Waals surface area contributed by atoms with Gasteiger partial charge >= 0.3 is 5.97 Å². The second kappa shape index (κ2) is 8.69. The minimum Gasteiger partial charge on any atom is -0.497 e. The zero-order valence-electron chi connectivity index (χ0n) is 15.6. The summed E-state index contributed by atoms with van der Waals surface area (Å²) in [5, 5.41) is 2.60. The first kappa shape index (κ1) is 19.6. The average Bonchev–Trinajstić information content (AvgIpc) is 2.95. The van der Waals surface area contributed by atoms with Crippen LogP contribution in [0, 0.1) is 11.8 Å². The van der Waals surface area contributed by atoms with E-state index in [1.54, 1.807) is 24.3 Å². The third-order valence-corrected chi connectivity index (χ3v) is 4.86. The van der Waals surface area contributed by atoms with Crippen molar-refractivity contribution in [3.05, 3.63) is 36.4 Å². The molecule has 1 N–H and O–H groups in total. The third-order valence-electron chi connectivity index (χ3n) is 4.86. The molecule has 0 saturated carbocycles. The van der Waals surface area contributed by atoms with E-state index in [0.29, 0.717) is 24.3 Å². The fourth-order valence-corrected chi connectivity index (χ4v) is 3.41. The van der Waals surface area contributed by atoms with E-state index < -0.39 is 18.5 Å². The van der Waals surface area contributed by atoms with Gasteiger partial charge in [0.25, 0.3) is 5.91 Å². The molecule has 28 heavy (non-hydrogen) atoms. The van der Waals surface area contributed by atoms with Gasteiger partial charge in [-0.3, -0.25) is 24.1 Å². The van der Waals surface area contributed by atoms with Crippen LogP contribution in [0.15, 0.2) is 36.4 Å². The Balaban J connectivity index is 1.42. The maximum absolute atomic E-state index is 12.3. The Morgan fingerprint density at radius 1 is 1.14 bits per heavy atom. The van der Waals surface area contributed by atoms with Gasteiger partial charge in [0.1, 0.15) is 5.75 Å². The van der Waals surface area contributed by atoms with Crippen LogP contribution in [0.25, 0.3) is 0 Å². The lowest BCUT2D eigenvalue weighted by molar-refractivity contribution is -0.148. The standard InChI is InChI=1S/C20H22N2O6/c1-27-14-6-4-5-13(11-14)21-17(23)12-28-18(24)9-10-22-19(25)15-7-2-3-8-16(15)20(22)26/h2-6,11,15-16H,7-10,12H2,1H3,(H,21,23)/t15-,16-/m0/s1. The van der Waals surface area contributed by atoms with Crippen LogP contribution in [0.3, 0.4) is 0 Å². The van der Waals surface area contributed by atoms with Gasteiger partial charge in [-0.1, -0.05) is 18.2 Å². The van der Waals surface area contributed by atoms with E-state index in [1.165, 1.54) is 7.11 Å². The van der Waals surface area contributed by atoms with Crippen molar-refractivity contribution in [1.29, 1.82) is 0 Å². The van der Waals surface area contributed by atoms with Crippen LogP contribution in [-0.2, 0) is 23.9 Å². The highest BCUT2D eigenvalue weighted by Gasteiger charge is 2.46. The van der Waals surface area contributed by atoms with Gasteiger partial charge in [0.15, 0.2) is 6.61 Å². The molecule has 0 spiro atoms. The number of amides is 3. The van der Waals surface area contributed by atoms with Crippen molar-refractivity contribution in [2.24, 2.45) is 11.8 Å². The van der Waals surface area contributed by atoms with Crippen LogP contribution >= 0.6 is 0 Å².